The molecule has 0 saturated heterocycles. The molecule has 0 fully saturated rings. The van der Waals surface area contributed by atoms with Gasteiger partial charge in [-0.3, -0.25) is 15.1 Å². The van der Waals surface area contributed by atoms with Crippen molar-refractivity contribution in [3.63, 3.8) is 0 Å². The molecule has 0 unspecified atom stereocenters. The van der Waals surface area contributed by atoms with Gasteiger partial charge in [0.15, 0.2) is 0 Å². The van der Waals surface area contributed by atoms with E-state index in [1.807, 2.05) is 0 Å². The summed E-state index contributed by atoms with van der Waals surface area (Å²) in [5.74, 6) is 0.268. The lowest BCUT2D eigenvalue weighted by Crippen LogP contribution is -2.14. The zero-order chi connectivity index (χ0) is 13.0. The van der Waals surface area contributed by atoms with Crippen LogP contribution in [-0.2, 0) is 0 Å². The van der Waals surface area contributed by atoms with Crippen LogP contribution in [-0.4, -0.2) is 15.7 Å². The topological polar surface area (TPSA) is 94.4 Å². The first-order valence-electron chi connectivity index (χ1n) is 5.17. The van der Waals surface area contributed by atoms with Crippen molar-refractivity contribution in [3.8, 4) is 0 Å². The maximum absolute atomic E-state index is 10.5. The summed E-state index contributed by atoms with van der Waals surface area (Å²) in [5.41, 5.74) is 6.91. The first kappa shape index (κ1) is 11.7. The molecule has 0 aliphatic heterocycles. The summed E-state index contributed by atoms with van der Waals surface area (Å²) in [6, 6.07) is 11.2. The van der Waals surface area contributed by atoms with Gasteiger partial charge in [-0.15, -0.1) is 0 Å². The molecule has 1 aromatic heterocycles. The van der Waals surface area contributed by atoms with Gasteiger partial charge in [0, 0.05) is 18.3 Å². The van der Waals surface area contributed by atoms with E-state index in [4.69, 9.17) is 5.73 Å². The number of hydrogen-bond donors (Lipinski definition) is 1. The van der Waals surface area contributed by atoms with Crippen molar-refractivity contribution < 1.29 is 4.92 Å². The molecule has 0 radical (unpaired) electrons. The lowest BCUT2D eigenvalue weighted by molar-refractivity contribution is -0.384. The number of benzene rings is 1. The van der Waals surface area contributed by atoms with Gasteiger partial charge in [-0.05, 0) is 24.3 Å². The van der Waals surface area contributed by atoms with E-state index in [-0.39, 0.29) is 11.5 Å². The number of nitro groups is 1. The second-order valence-corrected chi connectivity index (χ2v) is 3.49. The van der Waals surface area contributed by atoms with E-state index in [0.29, 0.717) is 11.4 Å². The number of non-ortho nitro benzene ring substituents is 1. The largest absolute Gasteiger partial charge is 0.382 e. The van der Waals surface area contributed by atoms with Crippen molar-refractivity contribution >= 4 is 17.2 Å². The molecule has 0 spiro atoms. The number of aliphatic imine (C=N–C) groups is 1. The van der Waals surface area contributed by atoms with E-state index in [1.165, 1.54) is 24.3 Å². The van der Waals surface area contributed by atoms with Crippen LogP contribution in [0.5, 0.6) is 0 Å². The SMILES string of the molecule is NC(=Nc1ccc([N+](=O)[O-])cc1)c1ccccn1. The van der Waals surface area contributed by atoms with Crippen molar-refractivity contribution in [2.75, 3.05) is 0 Å². The van der Waals surface area contributed by atoms with E-state index < -0.39 is 4.92 Å². The highest BCUT2D eigenvalue weighted by atomic mass is 16.6. The summed E-state index contributed by atoms with van der Waals surface area (Å²) in [5, 5.41) is 10.5. The Morgan fingerprint density at radius 1 is 1.22 bits per heavy atom. The van der Waals surface area contributed by atoms with Gasteiger partial charge in [0.2, 0.25) is 0 Å². The summed E-state index contributed by atoms with van der Waals surface area (Å²) in [6.45, 7) is 0. The number of rotatable bonds is 3. The average molecular weight is 242 g/mol. The molecule has 1 heterocycles. The van der Waals surface area contributed by atoms with Crippen LogP contribution in [0.4, 0.5) is 11.4 Å². The van der Waals surface area contributed by atoms with Crippen LogP contribution in [0.25, 0.3) is 0 Å². The average Bonchev–Trinajstić information content (AvgIpc) is 2.40. The van der Waals surface area contributed by atoms with E-state index >= 15 is 0 Å². The standard InChI is InChI=1S/C12H10N4O2/c13-12(11-3-1-2-8-14-11)15-9-4-6-10(7-5-9)16(17)18/h1-8H,(H2,13,15). The summed E-state index contributed by atoms with van der Waals surface area (Å²) in [6.07, 6.45) is 1.62. The van der Waals surface area contributed by atoms with Gasteiger partial charge in [-0.1, -0.05) is 6.07 Å². The molecule has 0 amide bonds. The quantitative estimate of drug-likeness (QED) is 0.385. The molecular formula is C12H10N4O2. The van der Waals surface area contributed by atoms with Gasteiger partial charge in [-0.2, -0.15) is 0 Å². The van der Waals surface area contributed by atoms with Crippen molar-refractivity contribution in [2.45, 2.75) is 0 Å². The molecular weight excluding hydrogens is 232 g/mol. The first-order chi connectivity index (χ1) is 8.66. The number of nitrogens with zero attached hydrogens (tertiary/aromatic N) is 3. The van der Waals surface area contributed by atoms with E-state index in [9.17, 15) is 10.1 Å². The molecule has 0 atom stereocenters. The fourth-order valence-corrected chi connectivity index (χ4v) is 1.36. The highest BCUT2D eigenvalue weighted by molar-refractivity contribution is 5.97. The Morgan fingerprint density at radius 3 is 2.50 bits per heavy atom. The van der Waals surface area contributed by atoms with Crippen LogP contribution >= 0.6 is 0 Å². The van der Waals surface area contributed by atoms with Gasteiger partial charge in [0.05, 0.1) is 10.6 Å². The van der Waals surface area contributed by atoms with Crippen LogP contribution in [0.3, 0.4) is 0 Å². The second kappa shape index (κ2) is 5.05. The molecule has 2 N–H and O–H groups in total. The van der Waals surface area contributed by atoms with Crippen LogP contribution < -0.4 is 5.73 Å². The second-order valence-electron chi connectivity index (χ2n) is 3.49. The summed E-state index contributed by atoms with van der Waals surface area (Å²) in [7, 11) is 0. The van der Waals surface area contributed by atoms with Crippen molar-refractivity contribution in [2.24, 2.45) is 10.7 Å². The molecule has 0 aliphatic carbocycles. The van der Waals surface area contributed by atoms with Crippen molar-refractivity contribution in [3.05, 3.63) is 64.5 Å². The predicted molar refractivity (Wildman–Crippen MR) is 67.7 cm³/mol. The summed E-state index contributed by atoms with van der Waals surface area (Å²) in [4.78, 5) is 18.2. The Bertz CT molecular complexity index is 579. The van der Waals surface area contributed by atoms with Crippen molar-refractivity contribution in [1.29, 1.82) is 0 Å². The number of nitro benzene ring substituents is 1. The van der Waals surface area contributed by atoms with Gasteiger partial charge in [0.1, 0.15) is 11.5 Å². The zero-order valence-electron chi connectivity index (χ0n) is 9.35. The van der Waals surface area contributed by atoms with Crippen LogP contribution in [0.1, 0.15) is 5.69 Å². The zero-order valence-corrected chi connectivity index (χ0v) is 9.35. The fourth-order valence-electron chi connectivity index (χ4n) is 1.36. The Labute approximate surface area is 103 Å². The molecule has 2 aromatic rings. The van der Waals surface area contributed by atoms with Gasteiger partial charge >= 0.3 is 0 Å². The minimum Gasteiger partial charge on any atom is -0.382 e. The highest BCUT2D eigenvalue weighted by Gasteiger charge is 2.04. The van der Waals surface area contributed by atoms with E-state index in [1.54, 1.807) is 24.4 Å². The number of aromatic nitrogens is 1. The van der Waals surface area contributed by atoms with E-state index in [0.717, 1.165) is 0 Å². The Morgan fingerprint density at radius 2 is 1.94 bits per heavy atom. The third-order valence-electron chi connectivity index (χ3n) is 2.24. The number of amidine groups is 1. The van der Waals surface area contributed by atoms with Crippen LogP contribution in [0.2, 0.25) is 0 Å². The lowest BCUT2D eigenvalue weighted by atomic mass is 10.3. The Hall–Kier alpha value is -2.76. The smallest absolute Gasteiger partial charge is 0.269 e. The minimum atomic E-state index is -0.463. The maximum atomic E-state index is 10.5. The molecule has 6 heteroatoms. The molecule has 0 saturated carbocycles. The third-order valence-corrected chi connectivity index (χ3v) is 2.24. The Balaban J connectivity index is 2.25. The molecule has 0 bridgehead atoms. The van der Waals surface area contributed by atoms with Crippen LogP contribution in [0, 0.1) is 10.1 Å². The number of nitrogens with two attached hydrogens (primary N) is 1. The van der Waals surface area contributed by atoms with E-state index in [2.05, 4.69) is 9.98 Å². The normalized spacial score (nSPS) is 11.2. The summed E-state index contributed by atoms with van der Waals surface area (Å²) < 4.78 is 0. The van der Waals surface area contributed by atoms with Gasteiger partial charge < -0.3 is 5.73 Å². The highest BCUT2D eigenvalue weighted by Crippen LogP contribution is 2.18. The first-order valence-corrected chi connectivity index (χ1v) is 5.17. The Kier molecular flexibility index (Phi) is 3.29. The molecule has 2 rings (SSSR count). The van der Waals surface area contributed by atoms with Crippen LogP contribution in [0.15, 0.2) is 53.7 Å². The van der Waals surface area contributed by atoms with Crippen molar-refractivity contribution in [1.82, 2.24) is 4.98 Å². The molecule has 0 aliphatic rings. The molecule has 18 heavy (non-hydrogen) atoms. The molecule has 1 aromatic carbocycles. The fraction of sp³-hybridized carbons (Fsp3) is 0. The number of hydrogen-bond acceptors (Lipinski definition) is 4. The molecule has 6 nitrogen and oxygen atoms in total. The number of pyridine rings is 1. The third kappa shape index (κ3) is 2.67. The predicted octanol–water partition coefficient (Wildman–Crippen LogP) is 2.03. The lowest BCUT2D eigenvalue weighted by Gasteiger charge is -1.99. The monoisotopic (exact) mass is 242 g/mol. The van der Waals surface area contributed by atoms with Gasteiger partial charge in [-0.25, -0.2) is 4.99 Å². The van der Waals surface area contributed by atoms with Gasteiger partial charge in [0.25, 0.3) is 5.69 Å². The molecule has 90 valence electrons. The maximum Gasteiger partial charge on any atom is 0.269 e. The minimum absolute atomic E-state index is 0.0188. The summed E-state index contributed by atoms with van der Waals surface area (Å²) >= 11 is 0.